The molecule has 84 valence electrons. The molecule has 2 rings (SSSR count). The minimum absolute atomic E-state index is 0. The number of fused-ring (bicyclic) bond motifs is 1. The van der Waals surface area contributed by atoms with Crippen molar-refractivity contribution in [2.45, 2.75) is 4.90 Å². The summed E-state index contributed by atoms with van der Waals surface area (Å²) in [5.41, 5.74) is 5.64. The van der Waals surface area contributed by atoms with Crippen molar-refractivity contribution >= 4 is 26.6 Å². The molecule has 0 saturated carbocycles. The van der Waals surface area contributed by atoms with Crippen molar-refractivity contribution < 1.29 is 47.6 Å². The quantitative estimate of drug-likeness (QED) is 0.268. The van der Waals surface area contributed by atoms with Gasteiger partial charge in [-0.1, -0.05) is 24.3 Å². The smallest absolute Gasteiger partial charge is 0.744 e. The van der Waals surface area contributed by atoms with E-state index in [9.17, 15) is 18.1 Å². The van der Waals surface area contributed by atoms with Crippen LogP contribution >= 0.6 is 0 Å². The molecule has 0 heterocycles. The van der Waals surface area contributed by atoms with Gasteiger partial charge in [-0.2, -0.15) is 0 Å². The van der Waals surface area contributed by atoms with Crippen molar-refractivity contribution in [1.82, 2.24) is 0 Å². The van der Waals surface area contributed by atoms with Crippen LogP contribution in [0.15, 0.2) is 35.2 Å². The second-order valence-electron chi connectivity index (χ2n) is 3.31. The van der Waals surface area contributed by atoms with Crippen LogP contribution in [0, 0.1) is 0 Å². The normalized spacial score (nSPS) is 11.1. The fourth-order valence-corrected chi connectivity index (χ4v) is 2.26. The van der Waals surface area contributed by atoms with E-state index >= 15 is 0 Å². The van der Waals surface area contributed by atoms with Crippen LogP contribution in [0.2, 0.25) is 0 Å². The van der Waals surface area contributed by atoms with Crippen molar-refractivity contribution in [3.63, 3.8) is 0 Å². The summed E-state index contributed by atoms with van der Waals surface area (Å²) in [5.74, 6) is -0.409. The number of phenolic OH excluding ortho intramolecular Hbond substituents is 1. The summed E-state index contributed by atoms with van der Waals surface area (Å²) in [6.07, 6.45) is 0. The first-order valence-corrected chi connectivity index (χ1v) is 5.78. The van der Waals surface area contributed by atoms with Gasteiger partial charge in [-0.15, -0.1) is 0 Å². The maximum Gasteiger partial charge on any atom is 1.00 e. The number of aromatic hydroxyl groups is 1. The Bertz CT molecular complexity index is 669. The fraction of sp³-hybridized carbons (Fsp3) is 0. The molecule has 0 unspecified atom stereocenters. The number of rotatable bonds is 1. The molecule has 0 spiro atoms. The van der Waals surface area contributed by atoms with E-state index in [0.717, 1.165) is 6.07 Å². The monoisotopic (exact) mass is 261 g/mol. The number of anilines is 1. The molecule has 0 aliphatic carbocycles. The van der Waals surface area contributed by atoms with Gasteiger partial charge in [0, 0.05) is 16.8 Å². The van der Waals surface area contributed by atoms with Gasteiger partial charge < -0.3 is 15.4 Å². The van der Waals surface area contributed by atoms with Gasteiger partial charge in [0.15, 0.2) is 0 Å². The van der Waals surface area contributed by atoms with Crippen molar-refractivity contribution in [3.8, 4) is 5.75 Å². The number of hydrogen-bond donors (Lipinski definition) is 2. The molecule has 0 fully saturated rings. The fourth-order valence-electron chi connectivity index (χ4n) is 1.56. The minimum atomic E-state index is -4.63. The third kappa shape index (κ3) is 2.56. The van der Waals surface area contributed by atoms with Crippen molar-refractivity contribution in [2.75, 3.05) is 5.73 Å². The Morgan fingerprint density at radius 2 is 1.71 bits per heavy atom. The maximum atomic E-state index is 11.0. The van der Waals surface area contributed by atoms with Crippen LogP contribution in [-0.4, -0.2) is 18.1 Å². The molecule has 0 atom stereocenters. The first-order chi connectivity index (χ1) is 7.41. The third-order valence-corrected chi connectivity index (χ3v) is 3.17. The van der Waals surface area contributed by atoms with Gasteiger partial charge in [0.1, 0.15) is 15.9 Å². The predicted octanol–water partition coefficient (Wildman–Crippen LogP) is -1.96. The van der Waals surface area contributed by atoms with Crippen molar-refractivity contribution in [1.29, 1.82) is 0 Å². The zero-order chi connectivity index (χ0) is 11.9. The zero-order valence-electron chi connectivity index (χ0n) is 9.04. The first-order valence-electron chi connectivity index (χ1n) is 4.37. The van der Waals surface area contributed by atoms with Gasteiger partial charge in [0.2, 0.25) is 0 Å². The van der Waals surface area contributed by atoms with Crippen LogP contribution in [-0.2, 0) is 10.1 Å². The number of benzene rings is 2. The van der Waals surface area contributed by atoms with Gasteiger partial charge >= 0.3 is 29.6 Å². The molecule has 0 saturated heterocycles. The molecule has 5 nitrogen and oxygen atoms in total. The van der Waals surface area contributed by atoms with E-state index in [1.165, 1.54) is 6.07 Å². The molecule has 3 N–H and O–H groups in total. The minimum Gasteiger partial charge on any atom is -0.744 e. The molecular weight excluding hydrogens is 253 g/mol. The summed E-state index contributed by atoms with van der Waals surface area (Å²) in [5, 5.41) is 9.99. The SMILES string of the molecule is Nc1c(O)cc(S(=O)(=O)[O-])c2ccccc12.[Na+]. The Labute approximate surface area is 120 Å². The molecule has 0 aliphatic rings. The van der Waals surface area contributed by atoms with E-state index in [1.54, 1.807) is 18.2 Å². The first kappa shape index (κ1) is 14.3. The van der Waals surface area contributed by atoms with E-state index in [2.05, 4.69) is 0 Å². The predicted molar refractivity (Wildman–Crippen MR) is 58.0 cm³/mol. The Hall–Kier alpha value is -0.790. The molecule has 7 heteroatoms. The van der Waals surface area contributed by atoms with Crippen molar-refractivity contribution in [3.05, 3.63) is 30.3 Å². The van der Waals surface area contributed by atoms with Gasteiger partial charge in [0.05, 0.1) is 10.6 Å². The molecule has 2 aromatic carbocycles. The number of hydrogen-bond acceptors (Lipinski definition) is 5. The van der Waals surface area contributed by atoms with Crippen molar-refractivity contribution in [2.24, 2.45) is 0 Å². The molecule has 0 amide bonds. The maximum absolute atomic E-state index is 11.0. The van der Waals surface area contributed by atoms with Crippen LogP contribution in [0.25, 0.3) is 10.8 Å². The summed E-state index contributed by atoms with van der Waals surface area (Å²) in [6, 6.07) is 7.11. The molecule has 0 bridgehead atoms. The molecule has 17 heavy (non-hydrogen) atoms. The van der Waals surface area contributed by atoms with Crippen LogP contribution in [0.1, 0.15) is 0 Å². The van der Waals surface area contributed by atoms with Gasteiger partial charge in [-0.25, -0.2) is 8.42 Å². The van der Waals surface area contributed by atoms with Gasteiger partial charge in [-0.05, 0) is 0 Å². The van der Waals surface area contributed by atoms with E-state index in [-0.39, 0.29) is 40.6 Å². The zero-order valence-corrected chi connectivity index (χ0v) is 11.9. The Balaban J connectivity index is 0.00000144. The molecular formula is C10H8NNaO4S. The topological polar surface area (TPSA) is 103 Å². The average Bonchev–Trinajstić information content (AvgIpc) is 2.22. The second kappa shape index (κ2) is 4.83. The summed E-state index contributed by atoms with van der Waals surface area (Å²) in [7, 11) is -4.63. The van der Waals surface area contributed by atoms with Crippen LogP contribution in [0.5, 0.6) is 5.75 Å². The van der Waals surface area contributed by atoms with Crippen LogP contribution in [0.4, 0.5) is 5.69 Å². The average molecular weight is 261 g/mol. The Morgan fingerprint density at radius 3 is 2.24 bits per heavy atom. The summed E-state index contributed by atoms with van der Waals surface area (Å²) < 4.78 is 33.0. The van der Waals surface area contributed by atoms with Gasteiger partial charge in [-0.3, -0.25) is 0 Å². The van der Waals surface area contributed by atoms with E-state index in [1.807, 2.05) is 0 Å². The molecule has 0 aliphatic heterocycles. The number of phenols is 1. The summed E-state index contributed by atoms with van der Waals surface area (Å²) >= 11 is 0. The van der Waals surface area contributed by atoms with Crippen LogP contribution in [0.3, 0.4) is 0 Å². The Kier molecular flexibility index (Phi) is 4.06. The number of nitrogen functional groups attached to an aromatic ring is 1. The van der Waals surface area contributed by atoms with Crippen LogP contribution < -0.4 is 35.3 Å². The van der Waals surface area contributed by atoms with E-state index in [0.29, 0.717) is 5.39 Å². The molecule has 0 aromatic heterocycles. The molecule has 2 aromatic rings. The summed E-state index contributed by atoms with van der Waals surface area (Å²) in [6.45, 7) is 0. The van der Waals surface area contributed by atoms with E-state index in [4.69, 9.17) is 5.73 Å². The van der Waals surface area contributed by atoms with Gasteiger partial charge in [0.25, 0.3) is 0 Å². The van der Waals surface area contributed by atoms with E-state index < -0.39 is 20.8 Å². The standard InChI is InChI=1S/C10H9NO4S.Na/c11-10-7-4-2-1-3-6(7)9(5-8(10)12)16(13,14)15;/h1-5,12H,11H2,(H,13,14,15);/q;+1/p-1. The largest absolute Gasteiger partial charge is 1.00 e. The number of nitrogens with two attached hydrogens (primary N) is 1. The third-order valence-electron chi connectivity index (χ3n) is 2.30. The molecule has 0 radical (unpaired) electrons. The Morgan fingerprint density at radius 1 is 1.18 bits per heavy atom. The second-order valence-corrected chi connectivity index (χ2v) is 4.66. The summed E-state index contributed by atoms with van der Waals surface area (Å²) in [4.78, 5) is -0.463.